The predicted molar refractivity (Wildman–Crippen MR) is 65.7 cm³/mol. The molecular weight excluding hydrogens is 222 g/mol. The van der Waals surface area contributed by atoms with Gasteiger partial charge in [-0.25, -0.2) is 0 Å². The Hall–Kier alpha value is -1.14. The lowest BCUT2D eigenvalue weighted by Gasteiger charge is -2.23. The van der Waals surface area contributed by atoms with Crippen LogP contribution in [0.25, 0.3) is 0 Å². The Morgan fingerprint density at radius 1 is 1.24 bits per heavy atom. The van der Waals surface area contributed by atoms with E-state index < -0.39 is 0 Å². The minimum atomic E-state index is -0.0843. The molecular formula is C11H23N3O3. The summed E-state index contributed by atoms with van der Waals surface area (Å²) in [5, 5.41) is 2.91. The molecule has 0 unspecified atom stereocenters. The second-order valence-electron chi connectivity index (χ2n) is 3.95. The van der Waals surface area contributed by atoms with E-state index in [0.717, 1.165) is 0 Å². The Morgan fingerprint density at radius 3 is 2.35 bits per heavy atom. The fourth-order valence-electron chi connectivity index (χ4n) is 1.19. The van der Waals surface area contributed by atoms with Crippen LogP contribution in [0.3, 0.4) is 0 Å². The summed E-state index contributed by atoms with van der Waals surface area (Å²) in [6, 6.07) is 0. The molecule has 0 rings (SSSR count). The standard InChI is InChI=1S/C11H23N3O3/c1-12-6-5-10(15)14(7-8-17-4)9-11(16)13(2)3/h12H,5-9H2,1-4H3. The van der Waals surface area contributed by atoms with E-state index >= 15 is 0 Å². The summed E-state index contributed by atoms with van der Waals surface area (Å²) in [4.78, 5) is 26.4. The number of ether oxygens (including phenoxy) is 1. The van der Waals surface area contributed by atoms with Gasteiger partial charge in [-0.3, -0.25) is 9.59 Å². The summed E-state index contributed by atoms with van der Waals surface area (Å²) in [6.45, 7) is 1.60. The van der Waals surface area contributed by atoms with Crippen molar-refractivity contribution in [3.63, 3.8) is 0 Å². The Kier molecular flexibility index (Phi) is 8.35. The van der Waals surface area contributed by atoms with Crippen LogP contribution in [0.15, 0.2) is 0 Å². The number of hydrogen-bond donors (Lipinski definition) is 1. The van der Waals surface area contributed by atoms with Crippen molar-refractivity contribution >= 4 is 11.8 Å². The zero-order valence-electron chi connectivity index (χ0n) is 11.2. The average Bonchev–Trinajstić information content (AvgIpc) is 2.30. The van der Waals surface area contributed by atoms with Gasteiger partial charge in [-0.1, -0.05) is 0 Å². The molecule has 0 saturated heterocycles. The molecule has 17 heavy (non-hydrogen) atoms. The molecule has 0 spiro atoms. The third kappa shape index (κ3) is 6.91. The van der Waals surface area contributed by atoms with Crippen molar-refractivity contribution in [2.75, 3.05) is 54.5 Å². The van der Waals surface area contributed by atoms with Gasteiger partial charge in [-0.15, -0.1) is 0 Å². The van der Waals surface area contributed by atoms with E-state index in [0.29, 0.717) is 26.1 Å². The number of hydrogen-bond acceptors (Lipinski definition) is 4. The molecule has 0 atom stereocenters. The largest absolute Gasteiger partial charge is 0.383 e. The second-order valence-corrected chi connectivity index (χ2v) is 3.95. The van der Waals surface area contributed by atoms with Crippen LogP contribution in [-0.2, 0) is 14.3 Å². The van der Waals surface area contributed by atoms with Crippen LogP contribution < -0.4 is 5.32 Å². The molecule has 0 fully saturated rings. The van der Waals surface area contributed by atoms with Crippen molar-refractivity contribution in [1.29, 1.82) is 0 Å². The quantitative estimate of drug-likeness (QED) is 0.605. The fourth-order valence-corrected chi connectivity index (χ4v) is 1.19. The van der Waals surface area contributed by atoms with Gasteiger partial charge in [0.1, 0.15) is 0 Å². The van der Waals surface area contributed by atoms with Crippen molar-refractivity contribution in [3.05, 3.63) is 0 Å². The first-order valence-corrected chi connectivity index (χ1v) is 5.64. The van der Waals surface area contributed by atoms with Gasteiger partial charge < -0.3 is 19.9 Å². The van der Waals surface area contributed by atoms with E-state index in [1.165, 1.54) is 9.80 Å². The van der Waals surface area contributed by atoms with Gasteiger partial charge in [-0.05, 0) is 7.05 Å². The summed E-state index contributed by atoms with van der Waals surface area (Å²) in [5.74, 6) is -0.120. The third-order valence-corrected chi connectivity index (χ3v) is 2.33. The zero-order valence-corrected chi connectivity index (χ0v) is 11.2. The molecule has 6 heteroatoms. The number of nitrogens with zero attached hydrogens (tertiary/aromatic N) is 2. The number of carbonyl (C=O) groups excluding carboxylic acids is 2. The Bertz CT molecular complexity index is 244. The van der Waals surface area contributed by atoms with Gasteiger partial charge in [0.2, 0.25) is 11.8 Å². The molecule has 0 aromatic rings. The first-order chi connectivity index (χ1) is 8.02. The molecule has 100 valence electrons. The highest BCUT2D eigenvalue weighted by atomic mass is 16.5. The van der Waals surface area contributed by atoms with Gasteiger partial charge in [0.05, 0.1) is 13.2 Å². The summed E-state index contributed by atoms with van der Waals surface area (Å²) in [6.07, 6.45) is 0.390. The van der Waals surface area contributed by atoms with Gasteiger partial charge in [0.15, 0.2) is 0 Å². The van der Waals surface area contributed by atoms with Crippen LogP contribution in [-0.4, -0.2) is 76.1 Å². The first kappa shape index (κ1) is 15.9. The number of likely N-dealkylation sites (N-methyl/N-ethyl adjacent to an activating group) is 1. The SMILES string of the molecule is CNCCC(=O)N(CCOC)CC(=O)N(C)C. The number of rotatable bonds is 8. The predicted octanol–water partition coefficient (Wildman–Crippen LogP) is -0.841. The molecule has 0 aliphatic rings. The number of methoxy groups -OCH3 is 1. The van der Waals surface area contributed by atoms with Gasteiger partial charge in [-0.2, -0.15) is 0 Å². The molecule has 1 N–H and O–H groups in total. The molecule has 6 nitrogen and oxygen atoms in total. The zero-order chi connectivity index (χ0) is 13.3. The molecule has 0 aromatic carbocycles. The highest BCUT2D eigenvalue weighted by Gasteiger charge is 2.17. The summed E-state index contributed by atoms with van der Waals surface area (Å²) < 4.78 is 4.93. The van der Waals surface area contributed by atoms with Gasteiger partial charge in [0, 0.05) is 40.7 Å². The van der Waals surface area contributed by atoms with E-state index in [4.69, 9.17) is 4.74 Å². The lowest BCUT2D eigenvalue weighted by atomic mass is 10.3. The van der Waals surface area contributed by atoms with E-state index in [2.05, 4.69) is 5.32 Å². The van der Waals surface area contributed by atoms with Crippen LogP contribution >= 0.6 is 0 Å². The maximum absolute atomic E-state index is 11.8. The molecule has 0 heterocycles. The van der Waals surface area contributed by atoms with Crippen molar-refractivity contribution < 1.29 is 14.3 Å². The topological polar surface area (TPSA) is 61.9 Å². The fraction of sp³-hybridized carbons (Fsp3) is 0.818. The monoisotopic (exact) mass is 245 g/mol. The van der Waals surface area contributed by atoms with Gasteiger partial charge >= 0.3 is 0 Å². The van der Waals surface area contributed by atoms with Crippen LogP contribution in [0.1, 0.15) is 6.42 Å². The van der Waals surface area contributed by atoms with Gasteiger partial charge in [0.25, 0.3) is 0 Å². The summed E-state index contributed by atoms with van der Waals surface area (Å²) >= 11 is 0. The number of carbonyl (C=O) groups is 2. The molecule has 0 saturated carbocycles. The highest BCUT2D eigenvalue weighted by molar-refractivity contribution is 5.84. The first-order valence-electron chi connectivity index (χ1n) is 5.64. The van der Waals surface area contributed by atoms with Crippen molar-refractivity contribution in [2.45, 2.75) is 6.42 Å². The maximum atomic E-state index is 11.8. The Morgan fingerprint density at radius 2 is 1.88 bits per heavy atom. The normalized spacial score (nSPS) is 10.1. The molecule has 0 bridgehead atoms. The Labute approximate surface area is 103 Å². The second kappa shape index (κ2) is 8.95. The minimum absolute atomic E-state index is 0.0356. The van der Waals surface area contributed by atoms with Crippen molar-refractivity contribution in [2.24, 2.45) is 0 Å². The van der Waals surface area contributed by atoms with E-state index in [1.807, 2.05) is 0 Å². The molecule has 0 aliphatic carbocycles. The van der Waals surface area contributed by atoms with E-state index in [-0.39, 0.29) is 18.4 Å². The van der Waals surface area contributed by atoms with Crippen molar-refractivity contribution in [1.82, 2.24) is 15.1 Å². The van der Waals surface area contributed by atoms with E-state index in [1.54, 1.807) is 28.3 Å². The third-order valence-electron chi connectivity index (χ3n) is 2.33. The lowest BCUT2D eigenvalue weighted by Crippen LogP contribution is -2.42. The van der Waals surface area contributed by atoms with Crippen LogP contribution in [0, 0.1) is 0 Å². The molecule has 0 aliphatic heterocycles. The molecule has 0 radical (unpaired) electrons. The van der Waals surface area contributed by atoms with E-state index in [9.17, 15) is 9.59 Å². The number of nitrogens with one attached hydrogen (secondary N) is 1. The molecule has 2 amide bonds. The summed E-state index contributed by atoms with van der Waals surface area (Å²) in [7, 11) is 6.71. The highest BCUT2D eigenvalue weighted by Crippen LogP contribution is 1.96. The summed E-state index contributed by atoms with van der Waals surface area (Å²) in [5.41, 5.74) is 0. The average molecular weight is 245 g/mol. The van der Waals surface area contributed by atoms with Crippen LogP contribution in [0.5, 0.6) is 0 Å². The van der Waals surface area contributed by atoms with Crippen LogP contribution in [0.4, 0.5) is 0 Å². The minimum Gasteiger partial charge on any atom is -0.383 e. The maximum Gasteiger partial charge on any atom is 0.241 e. The Balaban J connectivity index is 4.30. The lowest BCUT2D eigenvalue weighted by molar-refractivity contribution is -0.139. The number of amides is 2. The van der Waals surface area contributed by atoms with Crippen molar-refractivity contribution in [3.8, 4) is 0 Å². The molecule has 0 aromatic heterocycles. The smallest absolute Gasteiger partial charge is 0.241 e. The van der Waals surface area contributed by atoms with Crippen LogP contribution in [0.2, 0.25) is 0 Å².